The van der Waals surface area contributed by atoms with Crippen LogP contribution in [-0.2, 0) is 9.59 Å². The number of carbonyl (C=O) groups is 2. The maximum atomic E-state index is 11.8. The van der Waals surface area contributed by atoms with E-state index in [1.807, 2.05) is 6.07 Å². The fourth-order valence-electron chi connectivity index (χ4n) is 1.86. The first-order chi connectivity index (χ1) is 9.06. The van der Waals surface area contributed by atoms with Crippen molar-refractivity contribution < 1.29 is 19.8 Å². The van der Waals surface area contributed by atoms with Crippen LogP contribution >= 0.6 is 0 Å². The molecule has 1 saturated heterocycles. The number of rotatable bonds is 2. The molecular weight excluding hydrogens is 246 g/mol. The summed E-state index contributed by atoms with van der Waals surface area (Å²) < 4.78 is 0. The molecule has 0 bridgehead atoms. The first kappa shape index (κ1) is 13.3. The maximum absolute atomic E-state index is 11.8. The molecule has 1 aliphatic heterocycles. The van der Waals surface area contributed by atoms with Crippen molar-refractivity contribution in [3.63, 3.8) is 0 Å². The average molecular weight is 259 g/mol. The molecule has 0 saturated carbocycles. The molecule has 1 aromatic rings. The van der Waals surface area contributed by atoms with Gasteiger partial charge in [-0.3, -0.25) is 9.59 Å². The molecule has 2 atom stereocenters. The van der Waals surface area contributed by atoms with Crippen molar-refractivity contribution in [1.82, 2.24) is 5.32 Å². The predicted molar refractivity (Wildman–Crippen MR) is 66.9 cm³/mol. The van der Waals surface area contributed by atoms with Gasteiger partial charge in [-0.2, -0.15) is 0 Å². The van der Waals surface area contributed by atoms with E-state index >= 15 is 0 Å². The van der Waals surface area contributed by atoms with Gasteiger partial charge in [0.15, 0.2) is 0 Å². The number of nitrogens with one attached hydrogen (secondary N) is 1. The number of amides is 1. The molecule has 1 aliphatic rings. The molecule has 1 unspecified atom stereocenters. The van der Waals surface area contributed by atoms with Crippen LogP contribution in [0.3, 0.4) is 0 Å². The lowest BCUT2D eigenvalue weighted by Gasteiger charge is -2.13. The van der Waals surface area contributed by atoms with E-state index in [1.165, 1.54) is 0 Å². The Hall–Kier alpha value is -2.16. The Balaban J connectivity index is 2.17. The van der Waals surface area contributed by atoms with Gasteiger partial charge in [0.2, 0.25) is 11.4 Å². The Bertz CT molecular complexity index is 558. The Labute approximate surface area is 110 Å². The molecule has 0 aromatic heterocycles. The van der Waals surface area contributed by atoms with Crippen LogP contribution in [0.2, 0.25) is 0 Å². The van der Waals surface area contributed by atoms with Crippen molar-refractivity contribution in [3.8, 4) is 11.8 Å². The monoisotopic (exact) mass is 259 g/mol. The normalized spacial score (nSPS) is 25.4. The summed E-state index contributed by atoms with van der Waals surface area (Å²) in [7, 11) is 0. The second kappa shape index (κ2) is 5.22. The van der Waals surface area contributed by atoms with Crippen molar-refractivity contribution >= 4 is 11.7 Å². The highest BCUT2D eigenvalue weighted by Gasteiger charge is 2.50. The lowest BCUT2D eigenvalue weighted by atomic mass is 9.94. The van der Waals surface area contributed by atoms with Crippen molar-refractivity contribution in [2.75, 3.05) is 6.61 Å². The van der Waals surface area contributed by atoms with Crippen LogP contribution in [0, 0.1) is 11.8 Å². The van der Waals surface area contributed by atoms with Crippen LogP contribution in [0.15, 0.2) is 30.3 Å². The summed E-state index contributed by atoms with van der Waals surface area (Å²) >= 11 is 0. The highest BCUT2D eigenvalue weighted by atomic mass is 16.3. The number of aliphatic hydroxyl groups excluding tert-OH is 1. The summed E-state index contributed by atoms with van der Waals surface area (Å²) in [5.41, 5.74) is -1.54. The molecule has 2 rings (SSSR count). The first-order valence-corrected chi connectivity index (χ1v) is 5.82. The molecule has 0 aliphatic carbocycles. The lowest BCUT2D eigenvalue weighted by Crippen LogP contribution is -2.45. The van der Waals surface area contributed by atoms with Crippen molar-refractivity contribution in [1.29, 1.82) is 0 Å². The van der Waals surface area contributed by atoms with Crippen molar-refractivity contribution in [3.05, 3.63) is 35.9 Å². The fourth-order valence-corrected chi connectivity index (χ4v) is 1.86. The minimum Gasteiger partial charge on any atom is -0.394 e. The quantitative estimate of drug-likeness (QED) is 0.480. The predicted octanol–water partition coefficient (Wildman–Crippen LogP) is -0.781. The van der Waals surface area contributed by atoms with Gasteiger partial charge in [0.1, 0.15) is 0 Å². The number of carbonyl (C=O) groups excluding carboxylic acids is 2. The van der Waals surface area contributed by atoms with Crippen LogP contribution in [0.25, 0.3) is 0 Å². The summed E-state index contributed by atoms with van der Waals surface area (Å²) in [6.07, 6.45) is -0.162. The SMILES string of the molecule is O=C(C#Cc1ccccc1)C1(O)C[C@@H](CO)NC1=O. The molecule has 0 spiro atoms. The summed E-state index contributed by atoms with van der Waals surface area (Å²) in [4.78, 5) is 23.4. The zero-order valence-electron chi connectivity index (χ0n) is 10.1. The van der Waals surface area contributed by atoms with Crippen molar-refractivity contribution in [2.24, 2.45) is 0 Å². The number of hydrogen-bond donors (Lipinski definition) is 3. The number of Topliss-reactive ketones (excluding diaryl/α,β-unsaturated/α-hetero) is 1. The van der Waals surface area contributed by atoms with Crippen LogP contribution < -0.4 is 5.32 Å². The Morgan fingerprint density at radius 3 is 2.68 bits per heavy atom. The van der Waals surface area contributed by atoms with E-state index in [9.17, 15) is 14.7 Å². The third-order valence-corrected chi connectivity index (χ3v) is 2.94. The van der Waals surface area contributed by atoms with E-state index in [2.05, 4.69) is 17.2 Å². The fraction of sp³-hybridized carbons (Fsp3) is 0.286. The Kier molecular flexibility index (Phi) is 3.65. The van der Waals surface area contributed by atoms with Gasteiger partial charge in [0.05, 0.1) is 12.6 Å². The summed E-state index contributed by atoms with van der Waals surface area (Å²) in [6, 6.07) is 8.18. The van der Waals surface area contributed by atoms with E-state index in [1.54, 1.807) is 24.3 Å². The van der Waals surface area contributed by atoms with Gasteiger partial charge in [0.25, 0.3) is 5.91 Å². The number of hydrogen-bond acceptors (Lipinski definition) is 4. The summed E-state index contributed by atoms with van der Waals surface area (Å²) in [5.74, 6) is 3.21. The highest BCUT2D eigenvalue weighted by Crippen LogP contribution is 2.21. The molecule has 5 nitrogen and oxygen atoms in total. The summed E-state index contributed by atoms with van der Waals surface area (Å²) in [5, 5.41) is 21.3. The first-order valence-electron chi connectivity index (χ1n) is 5.82. The Morgan fingerprint density at radius 1 is 1.42 bits per heavy atom. The minimum atomic E-state index is -2.16. The average Bonchev–Trinajstić information content (AvgIpc) is 2.74. The number of aliphatic hydroxyl groups is 2. The van der Waals surface area contributed by atoms with E-state index in [0.29, 0.717) is 5.56 Å². The minimum absolute atomic E-state index is 0.162. The van der Waals surface area contributed by atoms with Crippen LogP contribution in [0.1, 0.15) is 12.0 Å². The zero-order chi connectivity index (χ0) is 13.9. The van der Waals surface area contributed by atoms with Gasteiger partial charge < -0.3 is 15.5 Å². The molecule has 3 N–H and O–H groups in total. The van der Waals surface area contributed by atoms with E-state index in [4.69, 9.17) is 5.11 Å². The highest BCUT2D eigenvalue weighted by molar-refractivity contribution is 6.17. The second-order valence-corrected chi connectivity index (χ2v) is 4.36. The zero-order valence-corrected chi connectivity index (χ0v) is 10.1. The van der Waals surface area contributed by atoms with E-state index < -0.39 is 23.3 Å². The maximum Gasteiger partial charge on any atom is 0.261 e. The van der Waals surface area contributed by atoms with E-state index in [-0.39, 0.29) is 13.0 Å². The summed E-state index contributed by atoms with van der Waals surface area (Å²) in [6.45, 7) is -0.326. The molecule has 98 valence electrons. The smallest absolute Gasteiger partial charge is 0.261 e. The van der Waals surface area contributed by atoms with Gasteiger partial charge in [-0.1, -0.05) is 24.1 Å². The molecule has 1 fully saturated rings. The molecule has 1 aromatic carbocycles. The molecule has 5 heteroatoms. The number of benzene rings is 1. The van der Waals surface area contributed by atoms with Crippen LogP contribution in [-0.4, -0.2) is 40.2 Å². The molecule has 19 heavy (non-hydrogen) atoms. The standard InChI is InChI=1S/C14H13NO4/c16-9-11-8-14(19,13(18)15-11)12(17)7-6-10-4-2-1-3-5-10/h1-5,11,16,19H,8-9H2,(H,15,18)/t11-,14?/m0/s1. The van der Waals surface area contributed by atoms with Gasteiger partial charge in [0, 0.05) is 12.0 Å². The van der Waals surface area contributed by atoms with Gasteiger partial charge in [-0.05, 0) is 18.1 Å². The van der Waals surface area contributed by atoms with Gasteiger partial charge in [-0.15, -0.1) is 0 Å². The van der Waals surface area contributed by atoms with Crippen LogP contribution in [0.4, 0.5) is 0 Å². The number of ketones is 1. The van der Waals surface area contributed by atoms with Crippen LogP contribution in [0.5, 0.6) is 0 Å². The topological polar surface area (TPSA) is 86.6 Å². The molecule has 0 radical (unpaired) electrons. The van der Waals surface area contributed by atoms with Gasteiger partial charge in [-0.25, -0.2) is 0 Å². The Morgan fingerprint density at radius 2 is 2.11 bits per heavy atom. The molecule has 1 amide bonds. The van der Waals surface area contributed by atoms with E-state index in [0.717, 1.165) is 0 Å². The largest absolute Gasteiger partial charge is 0.394 e. The molecular formula is C14H13NO4. The lowest BCUT2D eigenvalue weighted by molar-refractivity contribution is -0.145. The molecule has 1 heterocycles. The second-order valence-electron chi connectivity index (χ2n) is 4.36. The third kappa shape index (κ3) is 2.65. The van der Waals surface area contributed by atoms with Gasteiger partial charge >= 0.3 is 0 Å². The van der Waals surface area contributed by atoms with Crippen molar-refractivity contribution in [2.45, 2.75) is 18.1 Å². The third-order valence-electron chi connectivity index (χ3n) is 2.94.